The average molecular weight is 209 g/mol. The Labute approximate surface area is 69.7 Å². The van der Waals surface area contributed by atoms with Crippen molar-refractivity contribution in [3.63, 3.8) is 0 Å². The van der Waals surface area contributed by atoms with Crippen LogP contribution in [0, 0.1) is 0 Å². The lowest BCUT2D eigenvalue weighted by molar-refractivity contribution is -0.0522. The van der Waals surface area contributed by atoms with Crippen LogP contribution in [0.25, 0.3) is 0 Å². The zero-order chi connectivity index (χ0) is 7.40. The van der Waals surface area contributed by atoms with Crippen molar-refractivity contribution in [1.82, 2.24) is 0 Å². The minimum atomic E-state index is -0.319. The SMILES string of the molecule is OC(CBr)C1CCCCO1. The van der Waals surface area contributed by atoms with Gasteiger partial charge in [0.2, 0.25) is 0 Å². The van der Waals surface area contributed by atoms with Crippen molar-refractivity contribution >= 4 is 15.9 Å². The molecule has 0 bridgehead atoms. The van der Waals surface area contributed by atoms with E-state index in [1.54, 1.807) is 0 Å². The molecule has 3 heteroatoms. The molecule has 0 amide bonds. The molecule has 60 valence electrons. The molecule has 10 heavy (non-hydrogen) atoms. The smallest absolute Gasteiger partial charge is 0.0898 e. The van der Waals surface area contributed by atoms with Gasteiger partial charge < -0.3 is 9.84 Å². The van der Waals surface area contributed by atoms with Gasteiger partial charge in [-0.1, -0.05) is 15.9 Å². The Bertz CT molecular complexity index is 91.6. The Morgan fingerprint density at radius 3 is 2.90 bits per heavy atom. The molecule has 0 aromatic heterocycles. The number of hydrogen-bond donors (Lipinski definition) is 1. The number of aliphatic hydroxyl groups excluding tert-OH is 1. The van der Waals surface area contributed by atoms with Gasteiger partial charge in [-0.05, 0) is 19.3 Å². The van der Waals surface area contributed by atoms with E-state index in [-0.39, 0.29) is 12.2 Å². The summed E-state index contributed by atoms with van der Waals surface area (Å²) in [6, 6.07) is 0. The molecular formula is C7H13BrO2. The normalized spacial score (nSPS) is 30.0. The quantitative estimate of drug-likeness (QED) is 0.695. The van der Waals surface area contributed by atoms with E-state index in [1.807, 2.05) is 0 Å². The van der Waals surface area contributed by atoms with Crippen molar-refractivity contribution in [3.8, 4) is 0 Å². The summed E-state index contributed by atoms with van der Waals surface area (Å²) in [5.74, 6) is 0. The first-order valence-corrected chi connectivity index (χ1v) is 4.82. The van der Waals surface area contributed by atoms with Gasteiger partial charge in [0.25, 0.3) is 0 Å². The first-order chi connectivity index (χ1) is 4.84. The summed E-state index contributed by atoms with van der Waals surface area (Å²) in [5, 5.41) is 9.93. The third-order valence-corrected chi connectivity index (χ3v) is 2.47. The summed E-state index contributed by atoms with van der Waals surface area (Å²) < 4.78 is 5.35. The molecule has 0 aromatic rings. The summed E-state index contributed by atoms with van der Waals surface area (Å²) in [6.07, 6.45) is 3.10. The Balaban J connectivity index is 2.24. The van der Waals surface area contributed by atoms with Crippen molar-refractivity contribution in [3.05, 3.63) is 0 Å². The maximum atomic E-state index is 9.31. The number of ether oxygens (including phenoxy) is 1. The second-order valence-corrected chi connectivity index (χ2v) is 3.27. The Morgan fingerprint density at radius 1 is 1.60 bits per heavy atom. The highest BCUT2D eigenvalue weighted by Crippen LogP contribution is 2.16. The van der Waals surface area contributed by atoms with Crippen molar-refractivity contribution in [1.29, 1.82) is 0 Å². The van der Waals surface area contributed by atoms with E-state index in [4.69, 9.17) is 4.74 Å². The molecule has 1 aliphatic heterocycles. The standard InChI is InChI=1S/C7H13BrO2/c8-5-6(9)7-3-1-2-4-10-7/h6-7,9H,1-5H2. The molecule has 2 atom stereocenters. The van der Waals surface area contributed by atoms with Crippen LogP contribution in [0.3, 0.4) is 0 Å². The third-order valence-electron chi connectivity index (χ3n) is 1.80. The van der Waals surface area contributed by atoms with Gasteiger partial charge in [0.05, 0.1) is 12.2 Å². The van der Waals surface area contributed by atoms with E-state index < -0.39 is 0 Å². The summed E-state index contributed by atoms with van der Waals surface area (Å²) in [7, 11) is 0. The zero-order valence-corrected chi connectivity index (χ0v) is 7.51. The van der Waals surface area contributed by atoms with Crippen LogP contribution in [0.4, 0.5) is 0 Å². The van der Waals surface area contributed by atoms with E-state index in [1.165, 1.54) is 6.42 Å². The first kappa shape index (κ1) is 8.50. The Hall–Kier alpha value is 0.400. The summed E-state index contributed by atoms with van der Waals surface area (Å²) in [6.45, 7) is 0.814. The molecule has 1 heterocycles. The maximum Gasteiger partial charge on any atom is 0.0898 e. The van der Waals surface area contributed by atoms with Crippen LogP contribution in [0.2, 0.25) is 0 Å². The van der Waals surface area contributed by atoms with Gasteiger partial charge in [-0.3, -0.25) is 0 Å². The largest absolute Gasteiger partial charge is 0.390 e. The lowest BCUT2D eigenvalue weighted by Crippen LogP contribution is -2.33. The molecule has 2 nitrogen and oxygen atoms in total. The molecule has 0 aliphatic carbocycles. The number of alkyl halides is 1. The molecule has 0 spiro atoms. The summed E-state index contributed by atoms with van der Waals surface area (Å²) in [5.41, 5.74) is 0. The summed E-state index contributed by atoms with van der Waals surface area (Å²) in [4.78, 5) is 0. The Kier molecular flexibility index (Phi) is 3.66. The van der Waals surface area contributed by atoms with Gasteiger partial charge >= 0.3 is 0 Å². The van der Waals surface area contributed by atoms with E-state index in [0.717, 1.165) is 19.4 Å². The fourth-order valence-corrected chi connectivity index (χ4v) is 1.59. The van der Waals surface area contributed by atoms with E-state index in [2.05, 4.69) is 15.9 Å². The molecule has 0 saturated carbocycles. The second-order valence-electron chi connectivity index (χ2n) is 2.63. The number of aliphatic hydroxyl groups is 1. The van der Waals surface area contributed by atoms with Crippen molar-refractivity contribution in [2.45, 2.75) is 31.5 Å². The molecule has 1 N–H and O–H groups in total. The monoisotopic (exact) mass is 208 g/mol. The number of hydrogen-bond acceptors (Lipinski definition) is 2. The molecular weight excluding hydrogens is 196 g/mol. The van der Waals surface area contributed by atoms with Gasteiger partial charge in [-0.2, -0.15) is 0 Å². The highest BCUT2D eigenvalue weighted by atomic mass is 79.9. The van der Waals surface area contributed by atoms with Gasteiger partial charge in [0.15, 0.2) is 0 Å². The van der Waals surface area contributed by atoms with Crippen molar-refractivity contribution in [2.75, 3.05) is 11.9 Å². The van der Waals surface area contributed by atoms with Crippen LogP contribution in [0.5, 0.6) is 0 Å². The molecule has 1 aliphatic rings. The number of rotatable bonds is 2. The lowest BCUT2D eigenvalue weighted by Gasteiger charge is -2.25. The number of halogens is 1. The molecule has 0 aromatic carbocycles. The van der Waals surface area contributed by atoms with Crippen molar-refractivity contribution < 1.29 is 9.84 Å². The molecule has 1 saturated heterocycles. The average Bonchev–Trinajstić information content (AvgIpc) is 2.05. The summed E-state index contributed by atoms with van der Waals surface area (Å²) >= 11 is 3.22. The minimum Gasteiger partial charge on any atom is -0.390 e. The molecule has 2 unspecified atom stereocenters. The molecule has 0 radical (unpaired) electrons. The minimum absolute atomic E-state index is 0.0770. The second kappa shape index (κ2) is 4.31. The maximum absolute atomic E-state index is 9.31. The fraction of sp³-hybridized carbons (Fsp3) is 1.00. The van der Waals surface area contributed by atoms with E-state index in [9.17, 15) is 5.11 Å². The first-order valence-electron chi connectivity index (χ1n) is 3.70. The van der Waals surface area contributed by atoms with E-state index in [0.29, 0.717) is 5.33 Å². The van der Waals surface area contributed by atoms with Gasteiger partial charge in [-0.15, -0.1) is 0 Å². The molecule has 1 rings (SSSR count). The molecule has 1 fully saturated rings. The topological polar surface area (TPSA) is 29.5 Å². The van der Waals surface area contributed by atoms with Crippen LogP contribution >= 0.6 is 15.9 Å². The fourth-order valence-electron chi connectivity index (χ4n) is 1.17. The van der Waals surface area contributed by atoms with Crippen LogP contribution < -0.4 is 0 Å². The van der Waals surface area contributed by atoms with Gasteiger partial charge in [0.1, 0.15) is 0 Å². The Morgan fingerprint density at radius 2 is 2.40 bits per heavy atom. The van der Waals surface area contributed by atoms with Crippen molar-refractivity contribution in [2.24, 2.45) is 0 Å². The predicted molar refractivity (Wildman–Crippen MR) is 43.4 cm³/mol. The van der Waals surface area contributed by atoms with Gasteiger partial charge in [0, 0.05) is 11.9 Å². The predicted octanol–water partition coefficient (Wildman–Crippen LogP) is 1.31. The van der Waals surface area contributed by atoms with Gasteiger partial charge in [-0.25, -0.2) is 0 Å². The van der Waals surface area contributed by atoms with Crippen LogP contribution in [0.15, 0.2) is 0 Å². The zero-order valence-electron chi connectivity index (χ0n) is 5.92. The highest BCUT2D eigenvalue weighted by molar-refractivity contribution is 9.09. The highest BCUT2D eigenvalue weighted by Gasteiger charge is 2.20. The van der Waals surface area contributed by atoms with Crippen LogP contribution in [-0.2, 0) is 4.74 Å². The third kappa shape index (κ3) is 2.22. The van der Waals surface area contributed by atoms with E-state index >= 15 is 0 Å². The van der Waals surface area contributed by atoms with Crippen LogP contribution in [-0.4, -0.2) is 29.3 Å². The van der Waals surface area contributed by atoms with Crippen LogP contribution in [0.1, 0.15) is 19.3 Å². The lowest BCUT2D eigenvalue weighted by atomic mass is 10.1.